The van der Waals surface area contributed by atoms with Crippen LogP contribution in [0.3, 0.4) is 0 Å². The Morgan fingerprint density at radius 3 is 2.76 bits per heavy atom. The number of nitrogens with zero attached hydrogens (tertiary/aromatic N) is 2. The number of para-hydroxylation sites is 1. The first-order valence-corrected chi connectivity index (χ1v) is 7.43. The van der Waals surface area contributed by atoms with Crippen molar-refractivity contribution in [1.29, 1.82) is 0 Å². The molecule has 0 atom stereocenters. The van der Waals surface area contributed by atoms with E-state index in [1.165, 1.54) is 11.3 Å². The lowest BCUT2D eigenvalue weighted by molar-refractivity contribution is 1.31. The summed E-state index contributed by atoms with van der Waals surface area (Å²) in [5.74, 6) is 0. The number of rotatable bonds is 2. The minimum atomic E-state index is 0.576. The summed E-state index contributed by atoms with van der Waals surface area (Å²) >= 11 is 1.45. The van der Waals surface area contributed by atoms with Gasteiger partial charge in [-0.15, -0.1) is 11.3 Å². The van der Waals surface area contributed by atoms with Gasteiger partial charge in [0.2, 0.25) is 0 Å². The van der Waals surface area contributed by atoms with Gasteiger partial charge in [-0.2, -0.15) is 0 Å². The van der Waals surface area contributed by atoms with Crippen molar-refractivity contribution in [3.05, 3.63) is 54.2 Å². The highest BCUT2D eigenvalue weighted by Crippen LogP contribution is 2.38. The van der Waals surface area contributed by atoms with Gasteiger partial charge in [0.15, 0.2) is 5.13 Å². The maximum atomic E-state index is 5.80. The molecule has 0 aliphatic heterocycles. The second kappa shape index (κ2) is 4.71. The topological polar surface area (TPSA) is 67.6 Å². The zero-order valence-electron chi connectivity index (χ0n) is 11.1. The van der Waals surface area contributed by atoms with E-state index in [0.717, 1.165) is 33.4 Å². The molecule has 21 heavy (non-hydrogen) atoms. The molecule has 4 nitrogen and oxygen atoms in total. The molecule has 0 fully saturated rings. The van der Waals surface area contributed by atoms with Crippen LogP contribution >= 0.6 is 11.3 Å². The van der Waals surface area contributed by atoms with Crippen LogP contribution < -0.4 is 5.73 Å². The Labute approximate surface area is 125 Å². The number of H-pyrrole nitrogens is 1. The Morgan fingerprint density at radius 1 is 1.10 bits per heavy atom. The van der Waals surface area contributed by atoms with Gasteiger partial charge >= 0.3 is 0 Å². The van der Waals surface area contributed by atoms with Crippen molar-refractivity contribution in [1.82, 2.24) is 15.0 Å². The number of nitrogens with one attached hydrogen (secondary N) is 1. The van der Waals surface area contributed by atoms with Crippen molar-refractivity contribution >= 4 is 27.4 Å². The average Bonchev–Trinajstić information content (AvgIpc) is 3.11. The van der Waals surface area contributed by atoms with Crippen molar-refractivity contribution in [2.24, 2.45) is 0 Å². The van der Waals surface area contributed by atoms with Crippen LogP contribution in [-0.4, -0.2) is 15.0 Å². The van der Waals surface area contributed by atoms with Crippen LogP contribution in [0, 0.1) is 0 Å². The number of hydrogen-bond donors (Lipinski definition) is 2. The van der Waals surface area contributed by atoms with E-state index in [1.807, 2.05) is 35.8 Å². The van der Waals surface area contributed by atoms with Crippen LogP contribution in [-0.2, 0) is 0 Å². The lowest BCUT2D eigenvalue weighted by Crippen LogP contribution is -1.86. The highest BCUT2D eigenvalue weighted by molar-refractivity contribution is 7.13. The molecule has 0 bridgehead atoms. The minimum Gasteiger partial charge on any atom is -0.375 e. The van der Waals surface area contributed by atoms with Crippen LogP contribution in [0.1, 0.15) is 0 Å². The van der Waals surface area contributed by atoms with Gasteiger partial charge < -0.3 is 10.7 Å². The normalized spacial score (nSPS) is 11.0. The summed E-state index contributed by atoms with van der Waals surface area (Å²) < 4.78 is 0. The Bertz CT molecular complexity index is 908. The number of aromatic nitrogens is 3. The third-order valence-corrected chi connectivity index (χ3v) is 4.11. The molecular formula is C16H12N4S. The maximum Gasteiger partial charge on any atom is 0.180 e. The van der Waals surface area contributed by atoms with E-state index in [2.05, 4.69) is 27.1 Å². The summed E-state index contributed by atoms with van der Waals surface area (Å²) in [6, 6.07) is 12.2. The van der Waals surface area contributed by atoms with Gasteiger partial charge in [0, 0.05) is 39.8 Å². The number of hydrogen-bond acceptors (Lipinski definition) is 4. The Hall–Kier alpha value is -2.66. The first kappa shape index (κ1) is 12.1. The van der Waals surface area contributed by atoms with E-state index in [9.17, 15) is 0 Å². The number of anilines is 1. The van der Waals surface area contributed by atoms with E-state index >= 15 is 0 Å². The van der Waals surface area contributed by atoms with Gasteiger partial charge in [-0.1, -0.05) is 18.2 Å². The van der Waals surface area contributed by atoms with Gasteiger partial charge in [0.25, 0.3) is 0 Å². The number of nitrogens with two attached hydrogens (primary N) is 1. The SMILES string of the molecule is Nc1nc(-c2c(-c3cccnc3)[nH]c3ccccc23)cs1. The lowest BCUT2D eigenvalue weighted by atomic mass is 10.0. The van der Waals surface area contributed by atoms with E-state index in [4.69, 9.17) is 5.73 Å². The molecule has 3 N–H and O–H groups in total. The zero-order valence-corrected chi connectivity index (χ0v) is 11.9. The number of fused-ring (bicyclic) bond motifs is 1. The maximum absolute atomic E-state index is 5.80. The van der Waals surface area contributed by atoms with Crippen LogP contribution in [0.2, 0.25) is 0 Å². The molecule has 0 spiro atoms. The molecule has 102 valence electrons. The Balaban J connectivity index is 2.06. The number of benzene rings is 1. The fourth-order valence-electron chi connectivity index (χ4n) is 2.54. The quantitative estimate of drug-likeness (QED) is 0.588. The Morgan fingerprint density at radius 2 is 2.00 bits per heavy atom. The highest BCUT2D eigenvalue weighted by Gasteiger charge is 2.16. The number of nitrogen functional groups attached to an aromatic ring is 1. The summed E-state index contributed by atoms with van der Waals surface area (Å²) in [6.45, 7) is 0. The first-order valence-electron chi connectivity index (χ1n) is 6.55. The molecule has 0 amide bonds. The molecule has 0 aliphatic carbocycles. The lowest BCUT2D eigenvalue weighted by Gasteiger charge is -2.02. The second-order valence-corrected chi connectivity index (χ2v) is 5.62. The molecule has 5 heteroatoms. The van der Waals surface area contributed by atoms with E-state index in [0.29, 0.717) is 5.13 Å². The number of thiazole rings is 1. The van der Waals surface area contributed by atoms with Crippen molar-refractivity contribution in [3.8, 4) is 22.5 Å². The van der Waals surface area contributed by atoms with Crippen LogP contribution in [0.25, 0.3) is 33.4 Å². The predicted molar refractivity (Wildman–Crippen MR) is 87.1 cm³/mol. The molecule has 4 rings (SSSR count). The molecule has 4 aromatic rings. The van der Waals surface area contributed by atoms with Crippen molar-refractivity contribution in [2.75, 3.05) is 5.73 Å². The summed E-state index contributed by atoms with van der Waals surface area (Å²) in [5.41, 5.74) is 10.9. The minimum absolute atomic E-state index is 0.576. The third kappa shape index (κ3) is 1.98. The third-order valence-electron chi connectivity index (χ3n) is 3.43. The van der Waals surface area contributed by atoms with E-state index in [1.54, 1.807) is 6.20 Å². The van der Waals surface area contributed by atoms with E-state index in [-0.39, 0.29) is 0 Å². The summed E-state index contributed by atoms with van der Waals surface area (Å²) in [5, 5.41) is 3.71. The summed E-state index contributed by atoms with van der Waals surface area (Å²) in [4.78, 5) is 12.1. The molecule has 3 aromatic heterocycles. The fourth-order valence-corrected chi connectivity index (χ4v) is 3.09. The highest BCUT2D eigenvalue weighted by atomic mass is 32.1. The summed E-state index contributed by atoms with van der Waals surface area (Å²) in [7, 11) is 0. The van der Waals surface area contributed by atoms with E-state index < -0.39 is 0 Å². The smallest absolute Gasteiger partial charge is 0.180 e. The summed E-state index contributed by atoms with van der Waals surface area (Å²) in [6.07, 6.45) is 3.62. The standard InChI is InChI=1S/C16H12N4S/c17-16-20-13(9-21-16)14-11-5-1-2-6-12(11)19-15(14)10-4-3-7-18-8-10/h1-9,19H,(H2,17,20). The van der Waals surface area contributed by atoms with Gasteiger partial charge in [-0.05, 0) is 18.2 Å². The average molecular weight is 292 g/mol. The number of aromatic amines is 1. The van der Waals surface area contributed by atoms with Crippen molar-refractivity contribution in [3.63, 3.8) is 0 Å². The molecule has 0 aliphatic rings. The second-order valence-electron chi connectivity index (χ2n) is 4.73. The largest absolute Gasteiger partial charge is 0.375 e. The van der Waals surface area contributed by atoms with Crippen LogP contribution in [0.4, 0.5) is 5.13 Å². The van der Waals surface area contributed by atoms with Crippen LogP contribution in [0.5, 0.6) is 0 Å². The molecule has 0 radical (unpaired) electrons. The Kier molecular flexibility index (Phi) is 2.72. The predicted octanol–water partition coefficient (Wildman–Crippen LogP) is 3.94. The first-order chi connectivity index (χ1) is 10.3. The monoisotopic (exact) mass is 292 g/mol. The van der Waals surface area contributed by atoms with Crippen LogP contribution in [0.15, 0.2) is 54.2 Å². The van der Waals surface area contributed by atoms with Gasteiger partial charge in [-0.25, -0.2) is 4.98 Å². The molecule has 1 aromatic carbocycles. The zero-order chi connectivity index (χ0) is 14.2. The van der Waals surface area contributed by atoms with Crippen molar-refractivity contribution in [2.45, 2.75) is 0 Å². The number of pyridine rings is 1. The molecule has 3 heterocycles. The van der Waals surface area contributed by atoms with Crippen molar-refractivity contribution < 1.29 is 0 Å². The molecule has 0 saturated heterocycles. The van der Waals surface area contributed by atoms with Gasteiger partial charge in [0.1, 0.15) is 0 Å². The molecule has 0 unspecified atom stereocenters. The molecule has 0 saturated carbocycles. The molecular weight excluding hydrogens is 280 g/mol. The van der Waals surface area contributed by atoms with Gasteiger partial charge in [-0.3, -0.25) is 4.98 Å². The fraction of sp³-hybridized carbons (Fsp3) is 0. The van der Waals surface area contributed by atoms with Gasteiger partial charge in [0.05, 0.1) is 11.4 Å².